The summed E-state index contributed by atoms with van der Waals surface area (Å²) in [6.45, 7) is 5.25. The molecule has 3 aromatic rings. The number of aryl methyl sites for hydroxylation is 2. The van der Waals surface area contributed by atoms with Gasteiger partial charge in [0.05, 0.1) is 19.4 Å². The summed E-state index contributed by atoms with van der Waals surface area (Å²) in [6.07, 6.45) is 5.47. The Labute approximate surface area is 176 Å². The van der Waals surface area contributed by atoms with Crippen molar-refractivity contribution >= 4 is 12.1 Å². The van der Waals surface area contributed by atoms with Crippen molar-refractivity contribution in [2.45, 2.75) is 20.3 Å². The zero-order chi connectivity index (χ0) is 21.2. The lowest BCUT2D eigenvalue weighted by Crippen LogP contribution is -2.17. The molecule has 0 unspecified atom stereocenters. The van der Waals surface area contributed by atoms with E-state index in [1.54, 1.807) is 30.7 Å². The number of hydrogen-bond acceptors (Lipinski definition) is 5. The third-order valence-corrected chi connectivity index (χ3v) is 4.20. The van der Waals surface area contributed by atoms with Gasteiger partial charge in [0.25, 0.3) is 5.91 Å². The average molecular weight is 403 g/mol. The van der Waals surface area contributed by atoms with Crippen LogP contribution in [0.15, 0.2) is 72.1 Å². The standard InChI is InChI=1S/C24H25N3O3/c1-18-13-19(2)15-23(14-18)30-12-4-11-29-22-6-3-5-20(16-22)17-26-27-24(28)21-7-9-25-10-8-21/h3,5-10,13-17H,4,11-12H2,1-2H3,(H,27,28)/b26-17-. The number of rotatable bonds is 9. The van der Waals surface area contributed by atoms with E-state index in [4.69, 9.17) is 9.47 Å². The fraction of sp³-hybridized carbons (Fsp3) is 0.208. The van der Waals surface area contributed by atoms with E-state index in [1.165, 1.54) is 11.1 Å². The van der Waals surface area contributed by atoms with Gasteiger partial charge in [0.2, 0.25) is 0 Å². The molecule has 6 heteroatoms. The molecule has 1 N–H and O–H groups in total. The molecule has 0 atom stereocenters. The Kier molecular flexibility index (Phi) is 7.55. The van der Waals surface area contributed by atoms with Crippen LogP contribution in [-0.4, -0.2) is 30.3 Å². The van der Waals surface area contributed by atoms with Crippen molar-refractivity contribution in [2.75, 3.05) is 13.2 Å². The van der Waals surface area contributed by atoms with Crippen LogP contribution in [0.4, 0.5) is 0 Å². The van der Waals surface area contributed by atoms with Crippen molar-refractivity contribution in [1.82, 2.24) is 10.4 Å². The quantitative estimate of drug-likeness (QED) is 0.328. The number of benzene rings is 2. The highest BCUT2D eigenvalue weighted by Crippen LogP contribution is 2.17. The average Bonchev–Trinajstić information content (AvgIpc) is 2.74. The maximum Gasteiger partial charge on any atom is 0.271 e. The molecule has 3 rings (SSSR count). The smallest absolute Gasteiger partial charge is 0.271 e. The topological polar surface area (TPSA) is 72.8 Å². The minimum absolute atomic E-state index is 0.287. The number of nitrogens with zero attached hydrogens (tertiary/aromatic N) is 2. The van der Waals surface area contributed by atoms with Crippen LogP contribution >= 0.6 is 0 Å². The zero-order valence-electron chi connectivity index (χ0n) is 17.2. The first-order chi connectivity index (χ1) is 14.6. The van der Waals surface area contributed by atoms with Crippen LogP contribution in [0, 0.1) is 13.8 Å². The number of hydrazone groups is 1. The van der Waals surface area contributed by atoms with Crippen LogP contribution < -0.4 is 14.9 Å². The molecule has 154 valence electrons. The van der Waals surface area contributed by atoms with Crippen LogP contribution in [0.5, 0.6) is 11.5 Å². The third kappa shape index (κ3) is 6.74. The number of aromatic nitrogens is 1. The molecule has 0 spiro atoms. The van der Waals surface area contributed by atoms with Crippen LogP contribution in [0.25, 0.3) is 0 Å². The molecule has 0 bridgehead atoms. The predicted octanol–water partition coefficient (Wildman–Crippen LogP) is 4.31. The van der Waals surface area contributed by atoms with Gasteiger partial charge in [-0.25, -0.2) is 5.43 Å². The number of carbonyl (C=O) groups is 1. The van der Waals surface area contributed by atoms with Crippen LogP contribution in [0.1, 0.15) is 33.5 Å². The Balaban J connectivity index is 1.42. The summed E-state index contributed by atoms with van der Waals surface area (Å²) < 4.78 is 11.6. The SMILES string of the molecule is Cc1cc(C)cc(OCCCOc2cccc(/C=N\NC(=O)c3ccncc3)c2)c1. The molecule has 2 aromatic carbocycles. The van der Waals surface area contributed by atoms with Gasteiger partial charge >= 0.3 is 0 Å². The van der Waals surface area contributed by atoms with E-state index in [2.05, 4.69) is 35.4 Å². The van der Waals surface area contributed by atoms with E-state index in [9.17, 15) is 4.79 Å². The van der Waals surface area contributed by atoms with Gasteiger partial charge in [0, 0.05) is 24.4 Å². The number of carbonyl (C=O) groups excluding carboxylic acids is 1. The predicted molar refractivity (Wildman–Crippen MR) is 117 cm³/mol. The fourth-order valence-corrected chi connectivity index (χ4v) is 2.87. The van der Waals surface area contributed by atoms with E-state index < -0.39 is 0 Å². The summed E-state index contributed by atoms with van der Waals surface area (Å²) in [6, 6.07) is 17.0. The molecule has 0 aliphatic rings. The number of pyridine rings is 1. The lowest BCUT2D eigenvalue weighted by atomic mass is 10.1. The second kappa shape index (κ2) is 10.8. The Morgan fingerprint density at radius 1 is 0.967 bits per heavy atom. The maximum absolute atomic E-state index is 12.0. The highest BCUT2D eigenvalue weighted by molar-refractivity contribution is 5.94. The second-order valence-electron chi connectivity index (χ2n) is 6.88. The number of nitrogens with one attached hydrogen (secondary N) is 1. The largest absolute Gasteiger partial charge is 0.493 e. The van der Waals surface area contributed by atoms with Crippen molar-refractivity contribution in [3.05, 3.63) is 89.2 Å². The molecule has 30 heavy (non-hydrogen) atoms. The summed E-state index contributed by atoms with van der Waals surface area (Å²) in [5, 5.41) is 4.00. The third-order valence-electron chi connectivity index (χ3n) is 4.20. The summed E-state index contributed by atoms with van der Waals surface area (Å²) in [4.78, 5) is 15.8. The molecule has 1 aromatic heterocycles. The van der Waals surface area contributed by atoms with Gasteiger partial charge in [0.15, 0.2) is 0 Å². The summed E-state index contributed by atoms with van der Waals surface area (Å²) in [5.74, 6) is 1.34. The van der Waals surface area contributed by atoms with Gasteiger partial charge in [-0.3, -0.25) is 9.78 Å². The van der Waals surface area contributed by atoms with Gasteiger partial charge in [-0.2, -0.15) is 5.10 Å². The van der Waals surface area contributed by atoms with E-state index in [-0.39, 0.29) is 5.91 Å². The molecular weight excluding hydrogens is 378 g/mol. The molecule has 1 heterocycles. The van der Waals surface area contributed by atoms with Crippen molar-refractivity contribution in [1.29, 1.82) is 0 Å². The molecule has 0 saturated carbocycles. The summed E-state index contributed by atoms with van der Waals surface area (Å²) >= 11 is 0. The summed E-state index contributed by atoms with van der Waals surface area (Å²) in [7, 11) is 0. The van der Waals surface area contributed by atoms with Gasteiger partial charge < -0.3 is 9.47 Å². The highest BCUT2D eigenvalue weighted by atomic mass is 16.5. The zero-order valence-corrected chi connectivity index (χ0v) is 17.2. The van der Waals surface area contributed by atoms with Crippen molar-refractivity contribution in [3.8, 4) is 11.5 Å². The molecule has 0 aliphatic heterocycles. The lowest BCUT2D eigenvalue weighted by Gasteiger charge is -2.09. The highest BCUT2D eigenvalue weighted by Gasteiger charge is 2.02. The molecule has 0 radical (unpaired) electrons. The molecule has 6 nitrogen and oxygen atoms in total. The molecule has 0 saturated heterocycles. The first-order valence-electron chi connectivity index (χ1n) is 9.77. The van der Waals surface area contributed by atoms with Gasteiger partial charge in [-0.1, -0.05) is 18.2 Å². The first kappa shape index (κ1) is 21.0. The van der Waals surface area contributed by atoms with E-state index in [0.717, 1.165) is 23.5 Å². The number of ether oxygens (including phenoxy) is 2. The Hall–Kier alpha value is -3.67. The fourth-order valence-electron chi connectivity index (χ4n) is 2.87. The van der Waals surface area contributed by atoms with Crippen LogP contribution in [0.3, 0.4) is 0 Å². The Bertz CT molecular complexity index is 983. The number of amides is 1. The normalized spacial score (nSPS) is 10.7. The Morgan fingerprint density at radius 2 is 1.67 bits per heavy atom. The van der Waals surface area contributed by atoms with Crippen LogP contribution in [-0.2, 0) is 0 Å². The molecule has 0 fully saturated rings. The van der Waals surface area contributed by atoms with E-state index in [0.29, 0.717) is 18.8 Å². The Morgan fingerprint density at radius 3 is 2.40 bits per heavy atom. The van der Waals surface area contributed by atoms with Gasteiger partial charge in [0.1, 0.15) is 11.5 Å². The summed E-state index contributed by atoms with van der Waals surface area (Å²) in [5.41, 5.74) is 6.21. The number of hydrogen-bond donors (Lipinski definition) is 1. The first-order valence-corrected chi connectivity index (χ1v) is 9.77. The minimum atomic E-state index is -0.287. The maximum atomic E-state index is 12.0. The second-order valence-corrected chi connectivity index (χ2v) is 6.88. The van der Waals surface area contributed by atoms with Gasteiger partial charge in [-0.15, -0.1) is 0 Å². The van der Waals surface area contributed by atoms with E-state index in [1.807, 2.05) is 36.4 Å². The van der Waals surface area contributed by atoms with Crippen molar-refractivity contribution < 1.29 is 14.3 Å². The minimum Gasteiger partial charge on any atom is -0.493 e. The van der Waals surface area contributed by atoms with Crippen LogP contribution in [0.2, 0.25) is 0 Å². The molecule has 1 amide bonds. The van der Waals surface area contributed by atoms with Crippen molar-refractivity contribution in [3.63, 3.8) is 0 Å². The molecule has 0 aliphatic carbocycles. The van der Waals surface area contributed by atoms with Crippen molar-refractivity contribution in [2.24, 2.45) is 5.10 Å². The monoisotopic (exact) mass is 403 g/mol. The van der Waals surface area contributed by atoms with Gasteiger partial charge in [-0.05, 0) is 66.9 Å². The molecular formula is C24H25N3O3. The lowest BCUT2D eigenvalue weighted by molar-refractivity contribution is 0.0955. The van der Waals surface area contributed by atoms with E-state index >= 15 is 0 Å².